The average Bonchev–Trinajstić information content (AvgIpc) is 3.32. The number of rotatable bonds is 1. The van der Waals surface area contributed by atoms with Crippen LogP contribution < -0.4 is 0 Å². The Kier molecular flexibility index (Phi) is 2.93. The summed E-state index contributed by atoms with van der Waals surface area (Å²) >= 11 is 1.68. The van der Waals surface area contributed by atoms with Crippen LogP contribution in [0.4, 0.5) is 0 Å². The summed E-state index contributed by atoms with van der Waals surface area (Å²) in [6, 6.07) is 10.5. The fraction of sp³-hybridized carbons (Fsp3) is 0.200. The Morgan fingerprint density at radius 2 is 1.81 bits per heavy atom. The quantitative estimate of drug-likeness (QED) is 0.445. The smallest absolute Gasteiger partial charge is 0.181 e. The minimum atomic E-state index is 0.865. The monoisotopic (exact) mass is 357 g/mol. The molecule has 0 atom stereocenters. The van der Waals surface area contributed by atoms with Crippen molar-refractivity contribution < 1.29 is 0 Å². The normalized spacial score (nSPS) is 14.3. The maximum absolute atomic E-state index is 5.11. The molecule has 0 N–H and O–H groups in total. The molecule has 1 aliphatic carbocycles. The minimum absolute atomic E-state index is 0.865. The summed E-state index contributed by atoms with van der Waals surface area (Å²) in [6.45, 7) is 0. The highest BCUT2D eigenvalue weighted by Gasteiger charge is 2.23. The summed E-state index contributed by atoms with van der Waals surface area (Å²) in [7, 11) is 0. The molecule has 0 saturated heterocycles. The van der Waals surface area contributed by atoms with Gasteiger partial charge >= 0.3 is 0 Å². The van der Waals surface area contributed by atoms with Crippen molar-refractivity contribution in [2.24, 2.45) is 0 Å². The van der Waals surface area contributed by atoms with Gasteiger partial charge in [-0.15, -0.1) is 21.5 Å². The molecule has 0 aliphatic heterocycles. The van der Waals surface area contributed by atoms with Crippen LogP contribution in [0.2, 0.25) is 0 Å². The largest absolute Gasteiger partial charge is 0.271 e. The van der Waals surface area contributed by atoms with E-state index in [0.717, 1.165) is 39.2 Å². The number of thiophene rings is 1. The maximum Gasteiger partial charge on any atom is 0.181 e. The molecule has 4 aromatic heterocycles. The third-order valence-corrected chi connectivity index (χ3v) is 6.34. The van der Waals surface area contributed by atoms with Gasteiger partial charge in [0.05, 0.1) is 11.2 Å². The molecule has 1 aliphatic rings. The van der Waals surface area contributed by atoms with Crippen molar-refractivity contribution in [3.63, 3.8) is 0 Å². The van der Waals surface area contributed by atoms with Gasteiger partial charge in [0.2, 0.25) is 0 Å². The number of hydrogen-bond donors (Lipinski definition) is 0. The van der Waals surface area contributed by atoms with Gasteiger partial charge in [0.15, 0.2) is 5.65 Å². The van der Waals surface area contributed by atoms with E-state index in [1.807, 2.05) is 10.7 Å². The molecule has 0 amide bonds. The lowest BCUT2D eigenvalue weighted by atomic mass is 9.87. The molecule has 0 unspecified atom stereocenters. The number of pyridine rings is 1. The Hall–Kier alpha value is -2.86. The highest BCUT2D eigenvalue weighted by molar-refractivity contribution is 7.26. The molecule has 126 valence electrons. The van der Waals surface area contributed by atoms with E-state index >= 15 is 0 Å². The van der Waals surface area contributed by atoms with Gasteiger partial charge in [-0.25, -0.2) is 9.97 Å². The lowest BCUT2D eigenvalue weighted by Gasteiger charge is -2.20. The number of nitrogens with zero attached hydrogens (tertiary/aromatic N) is 5. The van der Waals surface area contributed by atoms with Crippen LogP contribution in [-0.4, -0.2) is 24.6 Å². The number of aryl methyl sites for hydroxylation is 1. The van der Waals surface area contributed by atoms with Crippen molar-refractivity contribution in [3.8, 4) is 11.3 Å². The van der Waals surface area contributed by atoms with Crippen LogP contribution in [0, 0.1) is 0 Å². The minimum Gasteiger partial charge on any atom is -0.271 e. The first-order valence-corrected chi connectivity index (χ1v) is 9.69. The standard InChI is InChI=1S/C20H15N5S/c1-2-6-12(7-3-1)16-14-9-5-4-8-13(14)15-17-18(26-20(15)23-16)19-24-22-11-25(19)10-21-17/h1-3,6-7,10-11H,4-5,8-9H2. The van der Waals surface area contributed by atoms with E-state index < -0.39 is 0 Å². The summed E-state index contributed by atoms with van der Waals surface area (Å²) in [5, 5.41) is 9.55. The van der Waals surface area contributed by atoms with E-state index in [1.54, 1.807) is 17.7 Å². The van der Waals surface area contributed by atoms with Gasteiger partial charge in [0, 0.05) is 10.9 Å². The molecule has 0 saturated carbocycles. The van der Waals surface area contributed by atoms with Crippen LogP contribution in [0.5, 0.6) is 0 Å². The molecule has 26 heavy (non-hydrogen) atoms. The first kappa shape index (κ1) is 14.3. The Bertz CT molecular complexity index is 1290. The highest BCUT2D eigenvalue weighted by atomic mass is 32.1. The Labute approximate surface area is 153 Å². The number of fused-ring (bicyclic) bond motifs is 7. The van der Waals surface area contributed by atoms with Gasteiger partial charge < -0.3 is 0 Å². The summed E-state index contributed by atoms with van der Waals surface area (Å²) < 4.78 is 2.95. The molecule has 6 rings (SSSR count). The first-order valence-electron chi connectivity index (χ1n) is 8.88. The van der Waals surface area contributed by atoms with Crippen molar-refractivity contribution in [3.05, 3.63) is 54.1 Å². The lowest BCUT2D eigenvalue weighted by Crippen LogP contribution is -2.07. The first-order chi connectivity index (χ1) is 12.9. The van der Waals surface area contributed by atoms with E-state index in [2.05, 4.69) is 40.5 Å². The second-order valence-electron chi connectivity index (χ2n) is 6.76. The van der Waals surface area contributed by atoms with Crippen LogP contribution in [0.15, 0.2) is 43.0 Å². The second-order valence-corrected chi connectivity index (χ2v) is 7.76. The molecule has 0 bridgehead atoms. The van der Waals surface area contributed by atoms with Gasteiger partial charge in [-0.05, 0) is 36.8 Å². The molecule has 1 aromatic carbocycles. The number of hydrogen-bond acceptors (Lipinski definition) is 5. The predicted molar refractivity (Wildman–Crippen MR) is 104 cm³/mol. The van der Waals surface area contributed by atoms with Gasteiger partial charge in [-0.2, -0.15) is 0 Å². The maximum atomic E-state index is 5.11. The fourth-order valence-corrected chi connectivity index (χ4v) is 5.23. The van der Waals surface area contributed by atoms with Crippen molar-refractivity contribution in [1.29, 1.82) is 0 Å². The van der Waals surface area contributed by atoms with Crippen LogP contribution in [0.25, 0.3) is 37.3 Å². The third-order valence-electron chi connectivity index (χ3n) is 5.27. The zero-order valence-electron chi connectivity index (χ0n) is 14.0. The predicted octanol–water partition coefficient (Wildman–Crippen LogP) is 4.43. The van der Waals surface area contributed by atoms with E-state index in [-0.39, 0.29) is 0 Å². The van der Waals surface area contributed by atoms with Gasteiger partial charge in [0.25, 0.3) is 0 Å². The average molecular weight is 357 g/mol. The molecule has 4 heterocycles. The number of aromatic nitrogens is 5. The lowest BCUT2D eigenvalue weighted by molar-refractivity contribution is 0.689. The molecule has 5 nitrogen and oxygen atoms in total. The van der Waals surface area contributed by atoms with Crippen LogP contribution in [-0.2, 0) is 12.8 Å². The van der Waals surface area contributed by atoms with Crippen molar-refractivity contribution in [2.75, 3.05) is 0 Å². The van der Waals surface area contributed by atoms with E-state index in [1.165, 1.54) is 34.9 Å². The summed E-state index contributed by atoms with van der Waals surface area (Å²) in [5.41, 5.74) is 7.06. The molecule has 0 fully saturated rings. The van der Waals surface area contributed by atoms with Gasteiger partial charge in [-0.3, -0.25) is 4.40 Å². The van der Waals surface area contributed by atoms with Crippen LogP contribution in [0.3, 0.4) is 0 Å². The summed E-state index contributed by atoms with van der Waals surface area (Å²) in [5.74, 6) is 0. The molecular formula is C20H15N5S. The third kappa shape index (κ3) is 1.90. The number of benzene rings is 1. The topological polar surface area (TPSA) is 56.0 Å². The van der Waals surface area contributed by atoms with Gasteiger partial charge in [-0.1, -0.05) is 30.3 Å². The van der Waals surface area contributed by atoms with Crippen molar-refractivity contribution >= 4 is 37.4 Å². The molecule has 5 aromatic rings. The Balaban J connectivity index is 1.78. The molecular weight excluding hydrogens is 342 g/mol. The molecule has 0 spiro atoms. The zero-order valence-corrected chi connectivity index (χ0v) is 14.8. The summed E-state index contributed by atoms with van der Waals surface area (Å²) in [4.78, 5) is 10.9. The van der Waals surface area contributed by atoms with Crippen molar-refractivity contribution in [2.45, 2.75) is 25.7 Å². The van der Waals surface area contributed by atoms with E-state index in [0.29, 0.717) is 0 Å². The highest BCUT2D eigenvalue weighted by Crippen LogP contribution is 2.41. The van der Waals surface area contributed by atoms with E-state index in [4.69, 9.17) is 9.97 Å². The van der Waals surface area contributed by atoms with Crippen LogP contribution in [0.1, 0.15) is 24.0 Å². The summed E-state index contributed by atoms with van der Waals surface area (Å²) in [6.07, 6.45) is 8.15. The van der Waals surface area contributed by atoms with Gasteiger partial charge in [0.1, 0.15) is 22.2 Å². The second kappa shape index (κ2) is 5.32. The van der Waals surface area contributed by atoms with Crippen molar-refractivity contribution in [1.82, 2.24) is 24.6 Å². The van der Waals surface area contributed by atoms with E-state index in [9.17, 15) is 0 Å². The fourth-order valence-electron chi connectivity index (χ4n) is 4.09. The molecule has 0 radical (unpaired) electrons. The Morgan fingerprint density at radius 1 is 0.962 bits per heavy atom. The van der Waals surface area contributed by atoms with Crippen LogP contribution >= 0.6 is 11.3 Å². The Morgan fingerprint density at radius 3 is 2.69 bits per heavy atom. The SMILES string of the molecule is c1ccc(-c2nc3sc4c(ncn5cnnc45)c3c3c2CCCC3)cc1. The zero-order chi connectivity index (χ0) is 17.1. The molecule has 6 heteroatoms.